The Morgan fingerprint density at radius 1 is 1.47 bits per heavy atom. The van der Waals surface area contributed by atoms with Gasteiger partial charge in [0.15, 0.2) is 0 Å². The van der Waals surface area contributed by atoms with Gasteiger partial charge in [-0.05, 0) is 39.0 Å². The molecule has 5 heteroatoms. The number of nitrogens with one attached hydrogen (secondary N) is 1. The molecule has 4 nitrogen and oxygen atoms in total. The van der Waals surface area contributed by atoms with Gasteiger partial charge in [0, 0.05) is 17.8 Å². The summed E-state index contributed by atoms with van der Waals surface area (Å²) in [5, 5.41) is 2.52. The summed E-state index contributed by atoms with van der Waals surface area (Å²) in [7, 11) is 0. The second kappa shape index (κ2) is 5.14. The Morgan fingerprint density at radius 3 is 2.65 bits per heavy atom. The van der Waals surface area contributed by atoms with Crippen molar-refractivity contribution >= 4 is 11.8 Å². The van der Waals surface area contributed by atoms with Gasteiger partial charge in [-0.25, -0.2) is 9.18 Å². The highest BCUT2D eigenvalue weighted by molar-refractivity contribution is 5.84. The molecule has 3 N–H and O–H groups in total. The summed E-state index contributed by atoms with van der Waals surface area (Å²) in [5.74, 6) is -0.387. The Labute approximate surface area is 100.0 Å². The van der Waals surface area contributed by atoms with Crippen molar-refractivity contribution in [2.45, 2.75) is 32.9 Å². The standard InChI is InChI=1S/C12H17FN2O2/c1-12(2,3)17-11(16)15-9-4-5-10(13)8(6-9)7-14/h4-6H,7,14H2,1-3H3,(H,15,16). The Morgan fingerprint density at radius 2 is 2.12 bits per heavy atom. The van der Waals surface area contributed by atoms with E-state index < -0.39 is 11.7 Å². The van der Waals surface area contributed by atoms with Crippen molar-refractivity contribution in [1.82, 2.24) is 0 Å². The average molecular weight is 240 g/mol. The number of hydrogen-bond acceptors (Lipinski definition) is 3. The van der Waals surface area contributed by atoms with E-state index in [4.69, 9.17) is 10.5 Å². The Balaban J connectivity index is 2.72. The van der Waals surface area contributed by atoms with E-state index in [1.165, 1.54) is 18.2 Å². The molecular formula is C12H17FN2O2. The summed E-state index contributed by atoms with van der Waals surface area (Å²) in [6.07, 6.45) is -0.577. The zero-order valence-corrected chi connectivity index (χ0v) is 10.2. The smallest absolute Gasteiger partial charge is 0.412 e. The molecule has 94 valence electrons. The zero-order valence-electron chi connectivity index (χ0n) is 10.2. The van der Waals surface area contributed by atoms with E-state index in [2.05, 4.69) is 5.32 Å². The first-order valence-electron chi connectivity index (χ1n) is 5.30. The molecule has 0 saturated heterocycles. The van der Waals surface area contributed by atoms with Gasteiger partial charge >= 0.3 is 6.09 Å². The fourth-order valence-electron chi connectivity index (χ4n) is 1.23. The average Bonchev–Trinajstić information content (AvgIpc) is 2.18. The maximum atomic E-state index is 13.2. The molecule has 0 spiro atoms. The molecule has 0 bridgehead atoms. The first kappa shape index (κ1) is 13.4. The number of carbonyl (C=O) groups excluding carboxylic acids is 1. The largest absolute Gasteiger partial charge is 0.444 e. The lowest BCUT2D eigenvalue weighted by molar-refractivity contribution is 0.0636. The highest BCUT2D eigenvalue weighted by Gasteiger charge is 2.16. The fourth-order valence-corrected chi connectivity index (χ4v) is 1.23. The molecule has 0 aliphatic carbocycles. The minimum absolute atomic E-state index is 0.0790. The summed E-state index contributed by atoms with van der Waals surface area (Å²) >= 11 is 0. The van der Waals surface area contributed by atoms with Crippen molar-refractivity contribution in [3.63, 3.8) is 0 Å². The SMILES string of the molecule is CC(C)(C)OC(=O)Nc1ccc(F)c(CN)c1. The van der Waals surface area contributed by atoms with E-state index in [1.54, 1.807) is 20.8 Å². The second-order valence-electron chi connectivity index (χ2n) is 4.64. The topological polar surface area (TPSA) is 64.3 Å². The number of ether oxygens (including phenoxy) is 1. The van der Waals surface area contributed by atoms with E-state index in [-0.39, 0.29) is 12.4 Å². The van der Waals surface area contributed by atoms with Crippen LogP contribution < -0.4 is 11.1 Å². The van der Waals surface area contributed by atoms with Gasteiger partial charge in [-0.15, -0.1) is 0 Å². The number of hydrogen-bond donors (Lipinski definition) is 2. The quantitative estimate of drug-likeness (QED) is 0.835. The Bertz CT molecular complexity index is 413. The van der Waals surface area contributed by atoms with Crippen LogP contribution in [0.25, 0.3) is 0 Å². The Kier molecular flexibility index (Phi) is 4.07. The van der Waals surface area contributed by atoms with Crippen molar-refractivity contribution in [2.75, 3.05) is 5.32 Å². The number of benzene rings is 1. The minimum Gasteiger partial charge on any atom is -0.444 e. The molecule has 1 amide bonds. The van der Waals surface area contributed by atoms with Crippen LogP contribution in [0.2, 0.25) is 0 Å². The van der Waals surface area contributed by atoms with E-state index in [0.29, 0.717) is 11.3 Å². The number of amides is 1. The molecule has 0 saturated carbocycles. The summed E-state index contributed by atoms with van der Waals surface area (Å²) in [5.41, 5.74) is 5.60. The molecule has 17 heavy (non-hydrogen) atoms. The van der Waals surface area contributed by atoms with Crippen LogP contribution in [-0.4, -0.2) is 11.7 Å². The van der Waals surface area contributed by atoms with E-state index in [0.717, 1.165) is 0 Å². The van der Waals surface area contributed by atoms with Gasteiger partial charge in [-0.1, -0.05) is 0 Å². The molecule has 0 atom stereocenters. The van der Waals surface area contributed by atoms with Gasteiger partial charge in [0.1, 0.15) is 11.4 Å². The molecule has 0 fully saturated rings. The van der Waals surface area contributed by atoms with Crippen LogP contribution in [0.15, 0.2) is 18.2 Å². The minimum atomic E-state index is -0.577. The number of carbonyl (C=O) groups is 1. The predicted octanol–water partition coefficient (Wildman–Crippen LogP) is 2.63. The van der Waals surface area contributed by atoms with Gasteiger partial charge in [-0.3, -0.25) is 5.32 Å². The van der Waals surface area contributed by atoms with Crippen LogP contribution in [0.3, 0.4) is 0 Å². The van der Waals surface area contributed by atoms with Gasteiger partial charge in [0.05, 0.1) is 0 Å². The molecule has 0 unspecified atom stereocenters. The lowest BCUT2D eigenvalue weighted by Gasteiger charge is -2.19. The predicted molar refractivity (Wildman–Crippen MR) is 64.1 cm³/mol. The molecule has 1 aromatic carbocycles. The number of rotatable bonds is 2. The normalized spacial score (nSPS) is 11.1. The summed E-state index contributed by atoms with van der Waals surface area (Å²) in [4.78, 5) is 11.5. The second-order valence-corrected chi connectivity index (χ2v) is 4.64. The highest BCUT2D eigenvalue weighted by Crippen LogP contribution is 2.16. The number of halogens is 1. The molecule has 0 aliphatic rings. The third-order valence-electron chi connectivity index (χ3n) is 1.91. The maximum absolute atomic E-state index is 13.2. The first-order valence-corrected chi connectivity index (χ1v) is 5.30. The Hall–Kier alpha value is -1.62. The lowest BCUT2D eigenvalue weighted by atomic mass is 10.2. The van der Waals surface area contributed by atoms with E-state index in [9.17, 15) is 9.18 Å². The van der Waals surface area contributed by atoms with Crippen molar-refractivity contribution in [1.29, 1.82) is 0 Å². The third kappa shape index (κ3) is 4.40. The molecule has 1 aromatic rings. The van der Waals surface area contributed by atoms with Crippen molar-refractivity contribution in [2.24, 2.45) is 5.73 Å². The molecule has 1 rings (SSSR count). The number of nitrogens with two attached hydrogens (primary N) is 1. The third-order valence-corrected chi connectivity index (χ3v) is 1.91. The van der Waals surface area contributed by atoms with Gasteiger partial charge < -0.3 is 10.5 Å². The highest BCUT2D eigenvalue weighted by atomic mass is 19.1. The molecule has 0 aromatic heterocycles. The van der Waals surface area contributed by atoms with Gasteiger partial charge in [-0.2, -0.15) is 0 Å². The monoisotopic (exact) mass is 240 g/mol. The van der Waals surface area contributed by atoms with Crippen molar-refractivity contribution in [3.8, 4) is 0 Å². The van der Waals surface area contributed by atoms with E-state index in [1.807, 2.05) is 0 Å². The summed E-state index contributed by atoms with van der Waals surface area (Å²) in [6, 6.07) is 4.20. The van der Waals surface area contributed by atoms with Gasteiger partial charge in [0.25, 0.3) is 0 Å². The lowest BCUT2D eigenvalue weighted by Crippen LogP contribution is -2.27. The van der Waals surface area contributed by atoms with Crippen molar-refractivity contribution < 1.29 is 13.9 Å². The van der Waals surface area contributed by atoms with E-state index >= 15 is 0 Å². The van der Waals surface area contributed by atoms with Crippen LogP contribution in [0.4, 0.5) is 14.9 Å². The molecule has 0 heterocycles. The fraction of sp³-hybridized carbons (Fsp3) is 0.417. The summed E-state index contributed by atoms with van der Waals surface area (Å²) in [6.45, 7) is 5.38. The van der Waals surface area contributed by atoms with Crippen LogP contribution in [0.5, 0.6) is 0 Å². The van der Waals surface area contributed by atoms with Crippen LogP contribution in [0, 0.1) is 5.82 Å². The molecule has 0 aliphatic heterocycles. The van der Waals surface area contributed by atoms with Crippen LogP contribution in [-0.2, 0) is 11.3 Å². The first-order chi connectivity index (χ1) is 7.81. The van der Waals surface area contributed by atoms with Gasteiger partial charge in [0.2, 0.25) is 0 Å². The molecular weight excluding hydrogens is 223 g/mol. The summed E-state index contributed by atoms with van der Waals surface area (Å²) < 4.78 is 18.2. The molecule has 0 radical (unpaired) electrons. The maximum Gasteiger partial charge on any atom is 0.412 e. The number of anilines is 1. The van der Waals surface area contributed by atoms with Crippen LogP contribution in [0.1, 0.15) is 26.3 Å². The van der Waals surface area contributed by atoms with Crippen LogP contribution >= 0.6 is 0 Å². The zero-order chi connectivity index (χ0) is 13.1. The van der Waals surface area contributed by atoms with Crippen molar-refractivity contribution in [3.05, 3.63) is 29.6 Å².